The molecule has 7 nitrogen and oxygen atoms in total. The van der Waals surface area contributed by atoms with Gasteiger partial charge >= 0.3 is 0 Å². The molecule has 0 spiro atoms. The summed E-state index contributed by atoms with van der Waals surface area (Å²) in [5.41, 5.74) is 3.88. The average molecular weight is 322 g/mol. The number of nitrogens with zero attached hydrogens (tertiary/aromatic N) is 5. The molecule has 1 N–H and O–H groups in total. The first-order valence-corrected chi connectivity index (χ1v) is 7.58. The van der Waals surface area contributed by atoms with Crippen LogP contribution in [0.3, 0.4) is 0 Å². The molecular weight excluding hydrogens is 304 g/mol. The van der Waals surface area contributed by atoms with E-state index in [1.54, 1.807) is 13.8 Å². The Morgan fingerprint density at radius 1 is 0.875 bits per heavy atom. The first-order chi connectivity index (χ1) is 11.5. The van der Waals surface area contributed by atoms with Crippen LogP contribution in [0.5, 0.6) is 0 Å². The fourth-order valence-corrected chi connectivity index (χ4v) is 2.27. The van der Waals surface area contributed by atoms with Gasteiger partial charge in [-0.05, 0) is 39.8 Å². The molecule has 0 aliphatic carbocycles. The van der Waals surface area contributed by atoms with E-state index in [0.717, 1.165) is 17.1 Å². The predicted octanol–water partition coefficient (Wildman–Crippen LogP) is 2.54. The standard InChI is InChI=1S/C17H18N6O/c1-10-11(2)19-15(12(3)18-10)17(24)20-16-13(4)21-23(22-16)14-8-6-5-7-9-14/h5-9H,1-4H3,(H,20,22,24). The van der Waals surface area contributed by atoms with Gasteiger partial charge < -0.3 is 5.32 Å². The van der Waals surface area contributed by atoms with Gasteiger partial charge in [0.15, 0.2) is 5.82 Å². The van der Waals surface area contributed by atoms with Crippen molar-refractivity contribution in [3.05, 3.63) is 58.8 Å². The molecule has 0 radical (unpaired) electrons. The van der Waals surface area contributed by atoms with Crippen LogP contribution in [-0.4, -0.2) is 30.9 Å². The number of carbonyl (C=O) groups excluding carboxylic acids is 1. The van der Waals surface area contributed by atoms with E-state index in [9.17, 15) is 4.79 Å². The maximum Gasteiger partial charge on any atom is 0.277 e. The van der Waals surface area contributed by atoms with E-state index in [2.05, 4.69) is 25.5 Å². The molecule has 7 heteroatoms. The molecule has 2 aromatic heterocycles. The number of para-hydroxylation sites is 1. The number of hydrogen-bond donors (Lipinski definition) is 1. The minimum Gasteiger partial charge on any atom is -0.302 e. The Balaban J connectivity index is 1.88. The van der Waals surface area contributed by atoms with Crippen molar-refractivity contribution in [2.75, 3.05) is 5.32 Å². The zero-order chi connectivity index (χ0) is 17.3. The second-order valence-corrected chi connectivity index (χ2v) is 5.54. The molecule has 122 valence electrons. The Labute approximate surface area is 139 Å². The lowest BCUT2D eigenvalue weighted by Gasteiger charge is -2.07. The van der Waals surface area contributed by atoms with E-state index in [4.69, 9.17) is 0 Å². The number of nitrogens with one attached hydrogen (secondary N) is 1. The van der Waals surface area contributed by atoms with Crippen molar-refractivity contribution in [2.45, 2.75) is 27.7 Å². The lowest BCUT2D eigenvalue weighted by atomic mass is 10.2. The number of aryl methyl sites for hydroxylation is 4. The number of amides is 1. The van der Waals surface area contributed by atoms with Crippen LogP contribution in [-0.2, 0) is 0 Å². The van der Waals surface area contributed by atoms with Gasteiger partial charge in [-0.25, -0.2) is 4.98 Å². The monoisotopic (exact) mass is 322 g/mol. The number of aromatic nitrogens is 5. The van der Waals surface area contributed by atoms with E-state index < -0.39 is 0 Å². The van der Waals surface area contributed by atoms with Crippen molar-refractivity contribution in [2.24, 2.45) is 0 Å². The predicted molar refractivity (Wildman–Crippen MR) is 90.3 cm³/mol. The van der Waals surface area contributed by atoms with Gasteiger partial charge in [0.25, 0.3) is 5.91 Å². The molecule has 1 aromatic carbocycles. The summed E-state index contributed by atoms with van der Waals surface area (Å²) in [6.07, 6.45) is 0. The summed E-state index contributed by atoms with van der Waals surface area (Å²) >= 11 is 0. The molecule has 3 rings (SSSR count). The molecule has 0 bridgehead atoms. The van der Waals surface area contributed by atoms with Crippen LogP contribution in [0.25, 0.3) is 5.69 Å². The molecule has 0 aliphatic rings. The molecule has 0 atom stereocenters. The summed E-state index contributed by atoms with van der Waals surface area (Å²) in [6.45, 7) is 7.26. The Morgan fingerprint density at radius 3 is 2.25 bits per heavy atom. The molecule has 1 amide bonds. The molecule has 0 saturated carbocycles. The molecule has 0 unspecified atom stereocenters. The van der Waals surface area contributed by atoms with Gasteiger partial charge in [0.2, 0.25) is 0 Å². The second kappa shape index (κ2) is 6.19. The molecule has 2 heterocycles. The van der Waals surface area contributed by atoms with E-state index in [1.165, 1.54) is 4.80 Å². The number of rotatable bonds is 3. The van der Waals surface area contributed by atoms with Gasteiger partial charge in [0.05, 0.1) is 22.8 Å². The molecule has 3 aromatic rings. The third-order valence-corrected chi connectivity index (χ3v) is 3.70. The van der Waals surface area contributed by atoms with Gasteiger partial charge in [-0.2, -0.15) is 5.10 Å². The molecular formula is C17H18N6O. The van der Waals surface area contributed by atoms with Crippen molar-refractivity contribution < 1.29 is 4.79 Å². The van der Waals surface area contributed by atoms with Crippen LogP contribution < -0.4 is 5.32 Å². The van der Waals surface area contributed by atoms with E-state index in [0.29, 0.717) is 22.9 Å². The highest BCUT2D eigenvalue weighted by Crippen LogP contribution is 2.14. The number of hydrogen-bond acceptors (Lipinski definition) is 5. The normalized spacial score (nSPS) is 10.7. The third kappa shape index (κ3) is 3.01. The summed E-state index contributed by atoms with van der Waals surface area (Å²) in [4.78, 5) is 22.7. The van der Waals surface area contributed by atoms with E-state index in [1.807, 2.05) is 44.2 Å². The highest BCUT2D eigenvalue weighted by Gasteiger charge is 2.17. The zero-order valence-electron chi connectivity index (χ0n) is 14.0. The summed E-state index contributed by atoms with van der Waals surface area (Å²) in [7, 11) is 0. The van der Waals surface area contributed by atoms with Gasteiger partial charge in [-0.3, -0.25) is 9.78 Å². The zero-order valence-corrected chi connectivity index (χ0v) is 14.0. The van der Waals surface area contributed by atoms with Crippen molar-refractivity contribution in [1.29, 1.82) is 0 Å². The average Bonchev–Trinajstić information content (AvgIpc) is 2.92. The number of carbonyl (C=O) groups is 1. The fraction of sp³-hybridized carbons (Fsp3) is 0.235. The largest absolute Gasteiger partial charge is 0.302 e. The lowest BCUT2D eigenvalue weighted by molar-refractivity contribution is 0.102. The van der Waals surface area contributed by atoms with Gasteiger partial charge in [-0.1, -0.05) is 18.2 Å². The smallest absolute Gasteiger partial charge is 0.277 e. The number of anilines is 1. The quantitative estimate of drug-likeness (QED) is 0.801. The van der Waals surface area contributed by atoms with Crippen LogP contribution in [0.1, 0.15) is 33.3 Å². The summed E-state index contributed by atoms with van der Waals surface area (Å²) in [6, 6.07) is 9.51. The molecule has 0 saturated heterocycles. The Bertz CT molecular complexity index is 901. The van der Waals surface area contributed by atoms with Crippen LogP contribution in [0, 0.1) is 27.7 Å². The van der Waals surface area contributed by atoms with Crippen LogP contribution in [0.2, 0.25) is 0 Å². The Hall–Kier alpha value is -3.09. The van der Waals surface area contributed by atoms with Crippen molar-refractivity contribution in [1.82, 2.24) is 25.0 Å². The molecule has 0 fully saturated rings. The Kier molecular flexibility index (Phi) is 4.07. The van der Waals surface area contributed by atoms with Crippen LogP contribution in [0.4, 0.5) is 5.82 Å². The fourth-order valence-electron chi connectivity index (χ4n) is 2.27. The molecule has 0 aliphatic heterocycles. The Morgan fingerprint density at radius 2 is 1.54 bits per heavy atom. The van der Waals surface area contributed by atoms with Crippen molar-refractivity contribution in [3.8, 4) is 5.69 Å². The minimum absolute atomic E-state index is 0.298. The van der Waals surface area contributed by atoms with Gasteiger partial charge in [0.1, 0.15) is 11.4 Å². The SMILES string of the molecule is Cc1nc(C)c(C(=O)Nc2nn(-c3ccccc3)nc2C)nc1C. The third-order valence-electron chi connectivity index (χ3n) is 3.70. The van der Waals surface area contributed by atoms with Crippen LogP contribution in [0.15, 0.2) is 30.3 Å². The first-order valence-electron chi connectivity index (χ1n) is 7.58. The van der Waals surface area contributed by atoms with E-state index in [-0.39, 0.29) is 5.91 Å². The summed E-state index contributed by atoms with van der Waals surface area (Å²) in [5.74, 6) is 0.0644. The topological polar surface area (TPSA) is 85.6 Å². The first kappa shape index (κ1) is 15.8. The maximum atomic E-state index is 12.5. The highest BCUT2D eigenvalue weighted by atomic mass is 16.2. The second-order valence-electron chi connectivity index (χ2n) is 5.54. The highest BCUT2D eigenvalue weighted by molar-refractivity contribution is 6.03. The molecule has 24 heavy (non-hydrogen) atoms. The van der Waals surface area contributed by atoms with Gasteiger partial charge in [0, 0.05) is 0 Å². The maximum absolute atomic E-state index is 12.5. The van der Waals surface area contributed by atoms with Crippen molar-refractivity contribution >= 4 is 11.7 Å². The van der Waals surface area contributed by atoms with Gasteiger partial charge in [-0.15, -0.1) is 9.90 Å². The lowest BCUT2D eigenvalue weighted by Crippen LogP contribution is -2.18. The van der Waals surface area contributed by atoms with Crippen LogP contribution >= 0.6 is 0 Å². The minimum atomic E-state index is -0.341. The summed E-state index contributed by atoms with van der Waals surface area (Å²) in [5, 5.41) is 11.4. The van der Waals surface area contributed by atoms with Crippen molar-refractivity contribution in [3.63, 3.8) is 0 Å². The number of benzene rings is 1. The summed E-state index contributed by atoms with van der Waals surface area (Å²) < 4.78 is 0. The van der Waals surface area contributed by atoms with E-state index >= 15 is 0 Å².